The van der Waals surface area contributed by atoms with Crippen LogP contribution in [-0.4, -0.2) is 16.5 Å². The summed E-state index contributed by atoms with van der Waals surface area (Å²) in [5.74, 6) is -2.81. The first-order valence-electron chi connectivity index (χ1n) is 5.34. The molecule has 0 aliphatic carbocycles. The largest absolute Gasteiger partial charge is 0.354 e. The zero-order valence-electron chi connectivity index (χ0n) is 9.54. The number of benzene rings is 1. The zero-order valence-corrected chi connectivity index (χ0v) is 9.54. The summed E-state index contributed by atoms with van der Waals surface area (Å²) in [6, 6.07) is 3.52. The molecule has 2 rings (SSSR count). The van der Waals surface area contributed by atoms with Gasteiger partial charge >= 0.3 is 0 Å². The van der Waals surface area contributed by atoms with Crippen LogP contribution in [0.5, 0.6) is 0 Å². The van der Waals surface area contributed by atoms with Crippen LogP contribution in [-0.2, 0) is 0 Å². The van der Waals surface area contributed by atoms with Crippen molar-refractivity contribution >= 4 is 5.95 Å². The maximum Gasteiger partial charge on any atom is 0.223 e. The Morgan fingerprint density at radius 2 is 1.94 bits per heavy atom. The van der Waals surface area contributed by atoms with Crippen LogP contribution < -0.4 is 5.32 Å². The summed E-state index contributed by atoms with van der Waals surface area (Å²) in [7, 11) is 0. The number of hydrogen-bond donors (Lipinski definition) is 1. The molecule has 0 saturated carbocycles. The third-order valence-electron chi connectivity index (χ3n) is 2.29. The fourth-order valence-electron chi connectivity index (χ4n) is 1.49. The van der Waals surface area contributed by atoms with Gasteiger partial charge in [-0.3, -0.25) is 0 Å². The minimum atomic E-state index is -1.13. The van der Waals surface area contributed by atoms with Crippen LogP contribution in [0.15, 0.2) is 24.4 Å². The highest BCUT2D eigenvalue weighted by molar-refractivity contribution is 5.61. The Labute approximate surface area is 102 Å². The number of halogens is 3. The highest BCUT2D eigenvalue weighted by Gasteiger charge is 2.15. The van der Waals surface area contributed by atoms with Crippen molar-refractivity contribution < 1.29 is 13.2 Å². The van der Waals surface area contributed by atoms with Crippen molar-refractivity contribution in [1.82, 2.24) is 9.97 Å². The Morgan fingerprint density at radius 3 is 2.67 bits per heavy atom. The van der Waals surface area contributed by atoms with Crippen molar-refractivity contribution in [2.45, 2.75) is 6.92 Å². The predicted octanol–water partition coefficient (Wildman–Crippen LogP) is 2.99. The van der Waals surface area contributed by atoms with Gasteiger partial charge in [0.15, 0.2) is 17.5 Å². The van der Waals surface area contributed by atoms with Crippen LogP contribution in [0.3, 0.4) is 0 Å². The van der Waals surface area contributed by atoms with Gasteiger partial charge in [-0.15, -0.1) is 0 Å². The van der Waals surface area contributed by atoms with E-state index in [4.69, 9.17) is 0 Å². The number of nitrogens with one attached hydrogen (secondary N) is 1. The normalized spacial score (nSPS) is 10.4. The first-order chi connectivity index (χ1) is 8.63. The van der Waals surface area contributed by atoms with Gasteiger partial charge in [-0.05, 0) is 19.1 Å². The van der Waals surface area contributed by atoms with Gasteiger partial charge in [0.25, 0.3) is 0 Å². The SMILES string of the molecule is CCNc1ncc(F)c(-c2cccc(F)c2F)n1. The lowest BCUT2D eigenvalue weighted by atomic mass is 10.1. The average Bonchev–Trinajstić information content (AvgIpc) is 2.36. The molecule has 0 amide bonds. The van der Waals surface area contributed by atoms with E-state index in [1.165, 1.54) is 12.1 Å². The maximum absolute atomic E-state index is 13.6. The van der Waals surface area contributed by atoms with E-state index < -0.39 is 17.5 Å². The summed E-state index contributed by atoms with van der Waals surface area (Å²) >= 11 is 0. The fourth-order valence-corrected chi connectivity index (χ4v) is 1.49. The molecular formula is C12H10F3N3. The topological polar surface area (TPSA) is 37.8 Å². The standard InChI is InChI=1S/C12H10F3N3/c1-2-16-12-17-6-9(14)11(18-12)7-4-3-5-8(13)10(7)15/h3-6H,2H2,1H3,(H,16,17,18). The van der Waals surface area contributed by atoms with E-state index in [9.17, 15) is 13.2 Å². The molecule has 0 fully saturated rings. The van der Waals surface area contributed by atoms with E-state index in [0.29, 0.717) is 6.54 Å². The van der Waals surface area contributed by atoms with Crippen LogP contribution in [0, 0.1) is 17.5 Å². The lowest BCUT2D eigenvalue weighted by Gasteiger charge is -2.07. The lowest BCUT2D eigenvalue weighted by Crippen LogP contribution is -2.05. The number of aromatic nitrogens is 2. The van der Waals surface area contributed by atoms with Crippen LogP contribution in [0.1, 0.15) is 6.92 Å². The zero-order chi connectivity index (χ0) is 13.1. The van der Waals surface area contributed by atoms with E-state index in [1.54, 1.807) is 0 Å². The second kappa shape index (κ2) is 5.03. The molecule has 94 valence electrons. The second-order valence-corrected chi connectivity index (χ2v) is 3.52. The molecule has 0 spiro atoms. The van der Waals surface area contributed by atoms with E-state index in [1.807, 2.05) is 6.92 Å². The predicted molar refractivity (Wildman–Crippen MR) is 61.5 cm³/mol. The molecule has 18 heavy (non-hydrogen) atoms. The molecule has 1 N–H and O–H groups in total. The third-order valence-corrected chi connectivity index (χ3v) is 2.29. The molecule has 0 saturated heterocycles. The molecule has 1 heterocycles. The maximum atomic E-state index is 13.6. The molecule has 1 aromatic carbocycles. The Morgan fingerprint density at radius 1 is 1.17 bits per heavy atom. The summed E-state index contributed by atoms with van der Waals surface area (Å²) in [4.78, 5) is 7.52. The number of hydrogen-bond acceptors (Lipinski definition) is 3. The van der Waals surface area contributed by atoms with Crippen LogP contribution in [0.4, 0.5) is 19.1 Å². The van der Waals surface area contributed by atoms with Crippen molar-refractivity contribution in [1.29, 1.82) is 0 Å². The smallest absolute Gasteiger partial charge is 0.223 e. The minimum absolute atomic E-state index is 0.164. The van der Waals surface area contributed by atoms with Crippen molar-refractivity contribution in [2.24, 2.45) is 0 Å². The van der Waals surface area contributed by atoms with Crippen molar-refractivity contribution in [3.63, 3.8) is 0 Å². The monoisotopic (exact) mass is 253 g/mol. The summed E-state index contributed by atoms with van der Waals surface area (Å²) in [5.41, 5.74) is -0.494. The highest BCUT2D eigenvalue weighted by atomic mass is 19.2. The molecule has 0 aliphatic heterocycles. The van der Waals surface area contributed by atoms with Crippen molar-refractivity contribution in [3.8, 4) is 11.3 Å². The van der Waals surface area contributed by atoms with Gasteiger partial charge in [0.05, 0.1) is 6.20 Å². The second-order valence-electron chi connectivity index (χ2n) is 3.52. The summed E-state index contributed by atoms with van der Waals surface area (Å²) in [6.45, 7) is 2.35. The first-order valence-corrected chi connectivity index (χ1v) is 5.34. The van der Waals surface area contributed by atoms with E-state index in [-0.39, 0.29) is 17.2 Å². The average molecular weight is 253 g/mol. The lowest BCUT2D eigenvalue weighted by molar-refractivity contribution is 0.509. The summed E-state index contributed by atoms with van der Waals surface area (Å²) in [6.07, 6.45) is 0.921. The van der Waals surface area contributed by atoms with Gasteiger partial charge in [-0.2, -0.15) is 0 Å². The van der Waals surface area contributed by atoms with Crippen molar-refractivity contribution in [2.75, 3.05) is 11.9 Å². The van der Waals surface area contributed by atoms with Gasteiger partial charge < -0.3 is 5.32 Å². The summed E-state index contributed by atoms with van der Waals surface area (Å²) in [5, 5.41) is 2.77. The van der Waals surface area contributed by atoms with E-state index >= 15 is 0 Å². The van der Waals surface area contributed by atoms with Gasteiger partial charge in [-0.1, -0.05) is 6.07 Å². The Hall–Kier alpha value is -2.11. The molecule has 1 aromatic heterocycles. The van der Waals surface area contributed by atoms with Gasteiger partial charge in [0, 0.05) is 12.1 Å². The van der Waals surface area contributed by atoms with Crippen LogP contribution in [0.2, 0.25) is 0 Å². The Balaban J connectivity index is 2.55. The number of rotatable bonds is 3. The molecule has 0 radical (unpaired) electrons. The molecule has 0 aliphatic rings. The molecule has 0 unspecified atom stereocenters. The first kappa shape index (κ1) is 12.3. The fraction of sp³-hybridized carbons (Fsp3) is 0.167. The minimum Gasteiger partial charge on any atom is -0.354 e. The van der Waals surface area contributed by atoms with Gasteiger partial charge in [-0.25, -0.2) is 23.1 Å². The van der Waals surface area contributed by atoms with Crippen LogP contribution in [0.25, 0.3) is 11.3 Å². The molecule has 3 nitrogen and oxygen atoms in total. The highest BCUT2D eigenvalue weighted by Crippen LogP contribution is 2.25. The number of anilines is 1. The number of nitrogens with zero attached hydrogens (tertiary/aromatic N) is 2. The molecular weight excluding hydrogens is 243 g/mol. The van der Waals surface area contributed by atoms with Gasteiger partial charge in [0.2, 0.25) is 5.95 Å². The van der Waals surface area contributed by atoms with E-state index in [2.05, 4.69) is 15.3 Å². The molecule has 0 atom stereocenters. The van der Waals surface area contributed by atoms with Gasteiger partial charge in [0.1, 0.15) is 5.69 Å². The van der Waals surface area contributed by atoms with Crippen LogP contribution >= 0.6 is 0 Å². The molecule has 0 bridgehead atoms. The summed E-state index contributed by atoms with van der Waals surface area (Å²) < 4.78 is 40.2. The quantitative estimate of drug-likeness (QED) is 0.913. The molecule has 6 heteroatoms. The third kappa shape index (κ3) is 2.27. The van der Waals surface area contributed by atoms with Crippen molar-refractivity contribution in [3.05, 3.63) is 41.8 Å². The molecule has 2 aromatic rings. The Bertz CT molecular complexity index is 572. The van der Waals surface area contributed by atoms with E-state index in [0.717, 1.165) is 12.3 Å². The Kier molecular flexibility index (Phi) is 3.45.